The Morgan fingerprint density at radius 1 is 1.10 bits per heavy atom. The molecule has 1 aromatic carbocycles. The predicted molar refractivity (Wildman–Crippen MR) is 129 cm³/mol. The summed E-state index contributed by atoms with van der Waals surface area (Å²) in [4.78, 5) is 13.9. The van der Waals surface area contributed by atoms with E-state index in [4.69, 9.17) is 0 Å². The van der Waals surface area contributed by atoms with Crippen LogP contribution in [0.1, 0.15) is 29.1 Å². The van der Waals surface area contributed by atoms with Gasteiger partial charge in [0.25, 0.3) is 0 Å². The number of thiazole rings is 1. The fraction of sp³-hybridized carbons (Fsp3) is 0.565. The first-order valence-electron chi connectivity index (χ1n) is 11.0. The lowest BCUT2D eigenvalue weighted by molar-refractivity contribution is 0.253. The standard InChI is InChI=1S/C23H36N6S/c1-19-7-6-8-22(17-19)29-15-13-28(14-16-29)12-5-4-10-25-23(24-3)26-11-9-21-18-30-20(2)27-21/h6-8,17-18H,4-5,9-16H2,1-3H3,(H2,24,25,26). The Balaban J connectivity index is 1.24. The molecule has 1 aliphatic heterocycles. The number of anilines is 1. The Morgan fingerprint density at radius 2 is 1.90 bits per heavy atom. The van der Waals surface area contributed by atoms with Gasteiger partial charge in [0, 0.05) is 63.8 Å². The van der Waals surface area contributed by atoms with Gasteiger partial charge in [0.15, 0.2) is 5.96 Å². The molecular formula is C23H36N6S. The maximum absolute atomic E-state index is 4.50. The summed E-state index contributed by atoms with van der Waals surface area (Å²) in [5.74, 6) is 0.883. The van der Waals surface area contributed by atoms with Crippen LogP contribution in [0, 0.1) is 13.8 Å². The highest BCUT2D eigenvalue weighted by Gasteiger charge is 2.16. The third-order valence-corrected chi connectivity index (χ3v) is 6.32. The SMILES string of the molecule is CN=C(NCCCCN1CCN(c2cccc(C)c2)CC1)NCCc1csc(C)n1. The van der Waals surface area contributed by atoms with Crippen molar-refractivity contribution < 1.29 is 0 Å². The molecule has 0 spiro atoms. The Kier molecular flexibility index (Phi) is 8.96. The van der Waals surface area contributed by atoms with Crippen molar-refractivity contribution in [2.45, 2.75) is 33.1 Å². The molecule has 1 fully saturated rings. The Bertz CT molecular complexity index is 794. The number of hydrogen-bond acceptors (Lipinski definition) is 5. The summed E-state index contributed by atoms with van der Waals surface area (Å²) in [6.45, 7) is 11.8. The molecule has 0 amide bonds. The van der Waals surface area contributed by atoms with Gasteiger partial charge in [-0.15, -0.1) is 11.3 Å². The van der Waals surface area contributed by atoms with Crippen molar-refractivity contribution in [3.63, 3.8) is 0 Å². The minimum Gasteiger partial charge on any atom is -0.369 e. The number of nitrogens with zero attached hydrogens (tertiary/aromatic N) is 4. The van der Waals surface area contributed by atoms with Gasteiger partial charge in [-0.2, -0.15) is 0 Å². The molecule has 0 radical (unpaired) electrons. The molecule has 2 N–H and O–H groups in total. The summed E-state index contributed by atoms with van der Waals surface area (Å²) in [6, 6.07) is 8.85. The van der Waals surface area contributed by atoms with Gasteiger partial charge in [-0.3, -0.25) is 9.89 Å². The van der Waals surface area contributed by atoms with Crippen molar-refractivity contribution in [2.75, 3.05) is 57.8 Å². The molecule has 2 aromatic rings. The minimum atomic E-state index is 0.855. The molecule has 7 heteroatoms. The van der Waals surface area contributed by atoms with E-state index in [1.54, 1.807) is 11.3 Å². The Labute approximate surface area is 185 Å². The van der Waals surface area contributed by atoms with Gasteiger partial charge in [0.2, 0.25) is 0 Å². The van der Waals surface area contributed by atoms with E-state index in [0.717, 1.165) is 68.8 Å². The van der Waals surface area contributed by atoms with Gasteiger partial charge in [-0.05, 0) is 50.9 Å². The third-order valence-electron chi connectivity index (χ3n) is 5.50. The molecule has 1 saturated heterocycles. The van der Waals surface area contributed by atoms with Crippen molar-refractivity contribution in [3.8, 4) is 0 Å². The van der Waals surface area contributed by atoms with Crippen LogP contribution in [0.5, 0.6) is 0 Å². The highest BCUT2D eigenvalue weighted by Crippen LogP contribution is 2.17. The number of aryl methyl sites for hydroxylation is 2. The monoisotopic (exact) mass is 428 g/mol. The van der Waals surface area contributed by atoms with Crippen molar-refractivity contribution in [2.24, 2.45) is 4.99 Å². The highest BCUT2D eigenvalue weighted by molar-refractivity contribution is 7.09. The first kappa shape index (κ1) is 22.6. The minimum absolute atomic E-state index is 0.855. The first-order valence-corrected chi connectivity index (χ1v) is 11.9. The fourth-order valence-electron chi connectivity index (χ4n) is 3.77. The summed E-state index contributed by atoms with van der Waals surface area (Å²) in [5, 5.41) is 10.1. The van der Waals surface area contributed by atoms with Crippen LogP contribution in [0.3, 0.4) is 0 Å². The molecule has 6 nitrogen and oxygen atoms in total. The largest absolute Gasteiger partial charge is 0.369 e. The third kappa shape index (κ3) is 7.29. The van der Waals surface area contributed by atoms with E-state index >= 15 is 0 Å². The van der Waals surface area contributed by atoms with Gasteiger partial charge >= 0.3 is 0 Å². The molecule has 0 atom stereocenters. The van der Waals surface area contributed by atoms with Crippen LogP contribution < -0.4 is 15.5 Å². The van der Waals surface area contributed by atoms with Crippen molar-refractivity contribution in [1.29, 1.82) is 0 Å². The van der Waals surface area contributed by atoms with Crippen LogP contribution in [-0.2, 0) is 6.42 Å². The van der Waals surface area contributed by atoms with Crippen molar-refractivity contribution in [3.05, 3.63) is 45.9 Å². The van der Waals surface area contributed by atoms with Gasteiger partial charge in [-0.1, -0.05) is 12.1 Å². The summed E-state index contributed by atoms with van der Waals surface area (Å²) in [5.41, 5.74) is 3.86. The van der Waals surface area contributed by atoms with Crippen LogP contribution in [0.15, 0.2) is 34.6 Å². The number of unbranched alkanes of at least 4 members (excludes halogenated alkanes) is 1. The van der Waals surface area contributed by atoms with Gasteiger partial charge in [-0.25, -0.2) is 4.98 Å². The summed E-state index contributed by atoms with van der Waals surface area (Å²) in [6.07, 6.45) is 3.30. The van der Waals surface area contributed by atoms with E-state index in [1.807, 2.05) is 14.0 Å². The van der Waals surface area contributed by atoms with E-state index in [0.29, 0.717) is 0 Å². The number of nitrogens with one attached hydrogen (secondary N) is 2. The number of hydrogen-bond donors (Lipinski definition) is 2. The van der Waals surface area contributed by atoms with Crippen LogP contribution in [0.25, 0.3) is 0 Å². The quantitative estimate of drug-likeness (QED) is 0.365. The topological polar surface area (TPSA) is 55.8 Å². The van der Waals surface area contributed by atoms with Gasteiger partial charge in [0.05, 0.1) is 10.7 Å². The average molecular weight is 429 g/mol. The maximum Gasteiger partial charge on any atom is 0.190 e. The number of aromatic nitrogens is 1. The van der Waals surface area contributed by atoms with Gasteiger partial charge in [0.1, 0.15) is 0 Å². The zero-order valence-electron chi connectivity index (χ0n) is 18.7. The Morgan fingerprint density at radius 3 is 2.60 bits per heavy atom. The molecule has 2 heterocycles. The average Bonchev–Trinajstić information content (AvgIpc) is 3.17. The summed E-state index contributed by atoms with van der Waals surface area (Å²) >= 11 is 1.71. The van der Waals surface area contributed by atoms with E-state index < -0.39 is 0 Å². The second kappa shape index (κ2) is 11.9. The van der Waals surface area contributed by atoms with Crippen LogP contribution in [-0.4, -0.2) is 68.7 Å². The molecule has 3 rings (SSSR count). The number of aliphatic imine (C=N–C) groups is 1. The number of piperazine rings is 1. The number of benzene rings is 1. The zero-order valence-corrected chi connectivity index (χ0v) is 19.5. The van der Waals surface area contributed by atoms with E-state index in [2.05, 4.69) is 67.0 Å². The highest BCUT2D eigenvalue weighted by atomic mass is 32.1. The maximum atomic E-state index is 4.50. The second-order valence-electron chi connectivity index (χ2n) is 7.91. The second-order valence-corrected chi connectivity index (χ2v) is 8.97. The van der Waals surface area contributed by atoms with E-state index in [9.17, 15) is 0 Å². The first-order chi connectivity index (χ1) is 14.6. The van der Waals surface area contributed by atoms with Crippen molar-refractivity contribution in [1.82, 2.24) is 20.5 Å². The lowest BCUT2D eigenvalue weighted by atomic mass is 10.2. The molecule has 1 aliphatic rings. The molecule has 30 heavy (non-hydrogen) atoms. The van der Waals surface area contributed by atoms with Crippen LogP contribution in [0.2, 0.25) is 0 Å². The predicted octanol–water partition coefficient (Wildman–Crippen LogP) is 3.07. The van der Waals surface area contributed by atoms with Crippen LogP contribution >= 0.6 is 11.3 Å². The lowest BCUT2D eigenvalue weighted by Gasteiger charge is -2.36. The number of guanidine groups is 1. The number of rotatable bonds is 9. The molecule has 0 saturated carbocycles. The van der Waals surface area contributed by atoms with Gasteiger partial charge < -0.3 is 15.5 Å². The zero-order chi connectivity index (χ0) is 21.2. The molecule has 164 valence electrons. The smallest absolute Gasteiger partial charge is 0.190 e. The normalized spacial score (nSPS) is 15.4. The fourth-order valence-corrected chi connectivity index (χ4v) is 4.42. The molecule has 0 unspecified atom stereocenters. The molecular weight excluding hydrogens is 392 g/mol. The van der Waals surface area contributed by atoms with E-state index in [1.165, 1.54) is 24.2 Å². The molecule has 1 aromatic heterocycles. The van der Waals surface area contributed by atoms with Crippen molar-refractivity contribution >= 4 is 23.0 Å². The lowest BCUT2D eigenvalue weighted by Crippen LogP contribution is -2.46. The van der Waals surface area contributed by atoms with Crippen LogP contribution in [0.4, 0.5) is 5.69 Å². The van der Waals surface area contributed by atoms with E-state index in [-0.39, 0.29) is 0 Å². The summed E-state index contributed by atoms with van der Waals surface area (Å²) in [7, 11) is 1.83. The summed E-state index contributed by atoms with van der Waals surface area (Å²) < 4.78 is 0. The molecule has 0 aliphatic carbocycles. The molecule has 0 bridgehead atoms. The Hall–Kier alpha value is -2.12.